The molecule has 0 aliphatic carbocycles. The summed E-state index contributed by atoms with van der Waals surface area (Å²) in [5.74, 6) is 0.693. The third-order valence-corrected chi connectivity index (χ3v) is 3.82. The van der Waals surface area contributed by atoms with E-state index in [1.54, 1.807) is 12.3 Å². The Hall–Kier alpha value is -2.74. The number of amides is 2. The van der Waals surface area contributed by atoms with E-state index >= 15 is 0 Å². The molecule has 0 saturated carbocycles. The lowest BCUT2D eigenvalue weighted by Crippen LogP contribution is -2.28. The van der Waals surface area contributed by atoms with E-state index in [9.17, 15) is 4.79 Å². The molecule has 0 bridgehead atoms. The van der Waals surface area contributed by atoms with Gasteiger partial charge in [0.2, 0.25) is 0 Å². The van der Waals surface area contributed by atoms with Crippen molar-refractivity contribution in [2.75, 3.05) is 5.32 Å². The minimum atomic E-state index is -0.277. The van der Waals surface area contributed by atoms with Crippen LogP contribution in [0.1, 0.15) is 11.1 Å². The van der Waals surface area contributed by atoms with E-state index in [1.807, 2.05) is 31.2 Å². The number of nitrogens with one attached hydrogen (secondary N) is 3. The number of H-pyrrole nitrogens is 1. The Morgan fingerprint density at radius 3 is 2.96 bits per heavy atom. The van der Waals surface area contributed by atoms with Crippen LogP contribution in [0.15, 0.2) is 47.5 Å². The molecule has 0 fully saturated rings. The molecule has 0 unspecified atom stereocenters. The van der Waals surface area contributed by atoms with Gasteiger partial charge < -0.3 is 10.6 Å². The lowest BCUT2D eigenvalue weighted by molar-refractivity contribution is 0.251. The van der Waals surface area contributed by atoms with Crippen molar-refractivity contribution >= 4 is 27.6 Å². The smallest absolute Gasteiger partial charge is 0.319 e. The number of aromatic nitrogens is 4. The second kappa shape index (κ2) is 7.22. The highest BCUT2D eigenvalue weighted by Crippen LogP contribution is 2.18. The van der Waals surface area contributed by atoms with Gasteiger partial charge in [0.25, 0.3) is 0 Å². The zero-order valence-corrected chi connectivity index (χ0v) is 14.5. The lowest BCUT2D eigenvalue weighted by Gasteiger charge is -2.10. The highest BCUT2D eigenvalue weighted by molar-refractivity contribution is 9.10. The van der Waals surface area contributed by atoms with Crippen LogP contribution in [0.25, 0.3) is 11.4 Å². The predicted octanol–water partition coefficient (Wildman–Crippen LogP) is 3.26. The van der Waals surface area contributed by atoms with Crippen molar-refractivity contribution in [3.63, 3.8) is 0 Å². The first-order valence-electron chi connectivity index (χ1n) is 7.23. The second-order valence-corrected chi connectivity index (χ2v) is 5.98. The fourth-order valence-electron chi connectivity index (χ4n) is 2.15. The fraction of sp³-hybridized carbons (Fsp3) is 0.125. The monoisotopic (exact) mass is 386 g/mol. The van der Waals surface area contributed by atoms with E-state index in [2.05, 4.69) is 46.7 Å². The summed E-state index contributed by atoms with van der Waals surface area (Å²) in [6, 6.07) is 9.23. The molecule has 2 aromatic heterocycles. The van der Waals surface area contributed by atoms with Gasteiger partial charge in [-0.1, -0.05) is 18.2 Å². The molecule has 24 heavy (non-hydrogen) atoms. The van der Waals surface area contributed by atoms with E-state index in [0.717, 1.165) is 16.7 Å². The molecule has 0 atom stereocenters. The first-order valence-corrected chi connectivity index (χ1v) is 8.03. The maximum absolute atomic E-state index is 12.1. The number of hydrogen-bond donors (Lipinski definition) is 3. The molecule has 3 aromatic rings. The molecular formula is C16H15BrN6O. The van der Waals surface area contributed by atoms with E-state index < -0.39 is 0 Å². The van der Waals surface area contributed by atoms with Crippen molar-refractivity contribution in [1.29, 1.82) is 0 Å². The van der Waals surface area contributed by atoms with Gasteiger partial charge in [0.05, 0.1) is 0 Å². The summed E-state index contributed by atoms with van der Waals surface area (Å²) in [5.41, 5.74) is 3.48. The van der Waals surface area contributed by atoms with Crippen molar-refractivity contribution in [3.05, 3.63) is 58.6 Å². The van der Waals surface area contributed by atoms with Gasteiger partial charge in [0.15, 0.2) is 5.82 Å². The Morgan fingerprint density at radius 2 is 2.17 bits per heavy atom. The van der Waals surface area contributed by atoms with Crippen LogP contribution in [-0.2, 0) is 6.54 Å². The van der Waals surface area contributed by atoms with E-state index in [0.29, 0.717) is 22.7 Å². The number of benzene rings is 1. The van der Waals surface area contributed by atoms with Crippen molar-refractivity contribution < 1.29 is 4.79 Å². The summed E-state index contributed by atoms with van der Waals surface area (Å²) in [6.07, 6.45) is 3.16. The highest BCUT2D eigenvalue weighted by atomic mass is 79.9. The van der Waals surface area contributed by atoms with E-state index in [1.165, 1.54) is 6.33 Å². The third-order valence-electron chi connectivity index (χ3n) is 3.39. The van der Waals surface area contributed by atoms with Gasteiger partial charge >= 0.3 is 6.03 Å². The van der Waals surface area contributed by atoms with Gasteiger partial charge in [-0.05, 0) is 46.1 Å². The zero-order valence-electron chi connectivity index (χ0n) is 12.9. The summed E-state index contributed by atoms with van der Waals surface area (Å²) < 4.78 is 0.670. The first-order chi connectivity index (χ1) is 11.6. The molecule has 3 N–H and O–H groups in total. The molecule has 3 rings (SSSR count). The molecular weight excluding hydrogens is 372 g/mol. The summed E-state index contributed by atoms with van der Waals surface area (Å²) in [6.45, 7) is 2.29. The fourth-order valence-corrected chi connectivity index (χ4v) is 2.49. The summed E-state index contributed by atoms with van der Waals surface area (Å²) in [7, 11) is 0. The van der Waals surface area contributed by atoms with Crippen LogP contribution in [0.2, 0.25) is 0 Å². The number of pyridine rings is 1. The number of aryl methyl sites for hydroxylation is 1. The Morgan fingerprint density at radius 1 is 1.29 bits per heavy atom. The number of carbonyl (C=O) groups is 1. The molecule has 0 aliphatic heterocycles. The number of anilines is 1. The Kier molecular flexibility index (Phi) is 4.85. The van der Waals surface area contributed by atoms with Crippen LogP contribution in [0.5, 0.6) is 0 Å². The topological polar surface area (TPSA) is 95.6 Å². The van der Waals surface area contributed by atoms with Gasteiger partial charge in [-0.2, -0.15) is 5.10 Å². The summed E-state index contributed by atoms with van der Waals surface area (Å²) in [5, 5.41) is 12.3. The van der Waals surface area contributed by atoms with Crippen molar-refractivity contribution in [1.82, 2.24) is 25.5 Å². The van der Waals surface area contributed by atoms with Gasteiger partial charge in [0.1, 0.15) is 10.9 Å². The van der Waals surface area contributed by atoms with E-state index in [-0.39, 0.29) is 6.03 Å². The number of hydrogen-bond acceptors (Lipinski definition) is 4. The van der Waals surface area contributed by atoms with Crippen molar-refractivity contribution in [2.24, 2.45) is 0 Å². The molecule has 0 spiro atoms. The lowest BCUT2D eigenvalue weighted by atomic mass is 10.1. The van der Waals surface area contributed by atoms with Crippen molar-refractivity contribution in [2.45, 2.75) is 13.5 Å². The quantitative estimate of drug-likeness (QED) is 0.599. The number of nitrogens with zero attached hydrogens (tertiary/aromatic N) is 3. The van der Waals surface area contributed by atoms with Crippen LogP contribution in [0.4, 0.5) is 10.5 Å². The minimum absolute atomic E-state index is 0.277. The van der Waals surface area contributed by atoms with Gasteiger partial charge in [0, 0.05) is 24.0 Å². The largest absolute Gasteiger partial charge is 0.334 e. The van der Waals surface area contributed by atoms with Gasteiger partial charge in [-0.15, -0.1) is 0 Å². The number of carbonyl (C=O) groups excluding carboxylic acids is 1. The highest BCUT2D eigenvalue weighted by Gasteiger charge is 2.07. The van der Waals surface area contributed by atoms with Crippen LogP contribution >= 0.6 is 15.9 Å². The molecule has 0 radical (unpaired) electrons. The Labute approximate surface area is 147 Å². The van der Waals surface area contributed by atoms with E-state index in [4.69, 9.17) is 0 Å². The molecule has 2 heterocycles. The minimum Gasteiger partial charge on any atom is -0.334 e. The predicted molar refractivity (Wildman–Crippen MR) is 94.4 cm³/mol. The SMILES string of the molecule is Cc1cnc(Br)cc1NC(=O)NCc1cccc(-c2ncn[nH]2)c1. The molecule has 122 valence electrons. The van der Waals surface area contributed by atoms with Gasteiger partial charge in [-0.25, -0.2) is 14.8 Å². The molecule has 8 heteroatoms. The third kappa shape index (κ3) is 3.96. The summed E-state index contributed by atoms with van der Waals surface area (Å²) in [4.78, 5) is 20.3. The number of aromatic amines is 1. The normalized spacial score (nSPS) is 10.4. The van der Waals surface area contributed by atoms with Gasteiger partial charge in [-0.3, -0.25) is 5.10 Å². The molecule has 0 saturated heterocycles. The summed E-state index contributed by atoms with van der Waals surface area (Å²) >= 11 is 3.29. The van der Waals surface area contributed by atoms with Crippen LogP contribution in [0.3, 0.4) is 0 Å². The molecule has 2 amide bonds. The van der Waals surface area contributed by atoms with Crippen LogP contribution in [0, 0.1) is 6.92 Å². The maximum atomic E-state index is 12.1. The number of urea groups is 1. The second-order valence-electron chi connectivity index (χ2n) is 5.16. The molecule has 1 aromatic carbocycles. The number of rotatable bonds is 4. The molecule has 0 aliphatic rings. The standard InChI is InChI=1S/C16H15BrN6O/c1-10-7-18-14(17)6-13(10)22-16(24)19-8-11-3-2-4-12(5-11)15-20-9-21-23-15/h2-7,9H,8H2,1H3,(H,20,21,23)(H2,18,19,22,24). The van der Waals surface area contributed by atoms with Crippen LogP contribution < -0.4 is 10.6 Å². The zero-order chi connectivity index (χ0) is 16.9. The average Bonchev–Trinajstić information content (AvgIpc) is 3.11. The maximum Gasteiger partial charge on any atom is 0.319 e. The van der Waals surface area contributed by atoms with Crippen LogP contribution in [-0.4, -0.2) is 26.2 Å². The molecule has 7 nitrogen and oxygen atoms in total. The Balaban J connectivity index is 1.62. The van der Waals surface area contributed by atoms with Crippen molar-refractivity contribution in [3.8, 4) is 11.4 Å². The first kappa shape index (κ1) is 16.1. The Bertz CT molecular complexity index is 850. The average molecular weight is 387 g/mol. The number of halogens is 1.